The second kappa shape index (κ2) is 8.71. The summed E-state index contributed by atoms with van der Waals surface area (Å²) in [5.41, 5.74) is 3.34. The number of hydrogen-bond donors (Lipinski definition) is 1. The van der Waals surface area contributed by atoms with Crippen molar-refractivity contribution in [3.63, 3.8) is 0 Å². The molecule has 162 valence electrons. The van der Waals surface area contributed by atoms with E-state index in [1.165, 1.54) is 16.0 Å². The zero-order valence-corrected chi connectivity index (χ0v) is 18.2. The molecule has 3 heterocycles. The molecule has 0 saturated carbocycles. The number of carbonyl (C=O) groups is 1. The zero-order chi connectivity index (χ0) is 22.0. The summed E-state index contributed by atoms with van der Waals surface area (Å²) in [4.78, 5) is 31.4. The molecule has 1 aliphatic heterocycles. The maximum absolute atomic E-state index is 12.2. The fourth-order valence-electron chi connectivity index (χ4n) is 3.51. The summed E-state index contributed by atoms with van der Waals surface area (Å²) in [6.45, 7) is 8.95. The number of amides is 1. The Hall–Kier alpha value is -3.49. The Labute approximate surface area is 181 Å². The SMILES string of the molecule is CC[C@H]1COC(=O)N1c1nc(C)nc(N[C@@H](C)c2cn(Cc3ccc(C)cc3)cn2)n1. The molecule has 1 fully saturated rings. The molecule has 0 unspecified atom stereocenters. The predicted octanol–water partition coefficient (Wildman–Crippen LogP) is 3.64. The Kier molecular flexibility index (Phi) is 5.83. The van der Waals surface area contributed by atoms with Gasteiger partial charge in [0.25, 0.3) is 0 Å². The highest BCUT2D eigenvalue weighted by atomic mass is 16.6. The maximum Gasteiger partial charge on any atom is 0.417 e. The number of nitrogens with one attached hydrogen (secondary N) is 1. The largest absolute Gasteiger partial charge is 0.447 e. The summed E-state index contributed by atoms with van der Waals surface area (Å²) in [6, 6.07) is 8.27. The van der Waals surface area contributed by atoms with Gasteiger partial charge in [0.15, 0.2) is 0 Å². The monoisotopic (exact) mass is 421 g/mol. The average Bonchev–Trinajstić information content (AvgIpc) is 3.35. The minimum absolute atomic E-state index is 0.0722. The van der Waals surface area contributed by atoms with Gasteiger partial charge in [-0.3, -0.25) is 0 Å². The van der Waals surface area contributed by atoms with E-state index in [1.54, 1.807) is 6.92 Å². The van der Waals surface area contributed by atoms with Crippen LogP contribution < -0.4 is 10.2 Å². The lowest BCUT2D eigenvalue weighted by Crippen LogP contribution is -2.34. The van der Waals surface area contributed by atoms with Gasteiger partial charge in [-0.15, -0.1) is 0 Å². The number of ether oxygens (including phenoxy) is 1. The predicted molar refractivity (Wildman–Crippen MR) is 117 cm³/mol. The molecule has 1 N–H and O–H groups in total. The first-order valence-corrected chi connectivity index (χ1v) is 10.5. The van der Waals surface area contributed by atoms with Crippen LogP contribution >= 0.6 is 0 Å². The second-order valence-corrected chi connectivity index (χ2v) is 7.84. The van der Waals surface area contributed by atoms with E-state index in [-0.39, 0.29) is 12.1 Å². The van der Waals surface area contributed by atoms with Crippen LogP contribution in [0.2, 0.25) is 0 Å². The Morgan fingerprint density at radius 3 is 2.71 bits per heavy atom. The van der Waals surface area contributed by atoms with Crippen LogP contribution in [0.1, 0.15) is 49.0 Å². The number of aromatic nitrogens is 5. The highest BCUT2D eigenvalue weighted by Gasteiger charge is 2.35. The van der Waals surface area contributed by atoms with Crippen molar-refractivity contribution in [1.29, 1.82) is 0 Å². The van der Waals surface area contributed by atoms with Crippen molar-refractivity contribution in [2.75, 3.05) is 16.8 Å². The van der Waals surface area contributed by atoms with E-state index in [0.29, 0.717) is 24.3 Å². The van der Waals surface area contributed by atoms with Crippen LogP contribution in [0.3, 0.4) is 0 Å². The molecule has 1 amide bonds. The summed E-state index contributed by atoms with van der Waals surface area (Å²) in [5.74, 6) is 1.23. The average molecular weight is 422 g/mol. The molecule has 0 spiro atoms. The van der Waals surface area contributed by atoms with Crippen molar-refractivity contribution in [3.05, 3.63) is 59.4 Å². The molecule has 1 aliphatic rings. The third-order valence-corrected chi connectivity index (χ3v) is 5.31. The molecular weight excluding hydrogens is 394 g/mol. The van der Waals surface area contributed by atoms with Crippen LogP contribution in [0, 0.1) is 13.8 Å². The van der Waals surface area contributed by atoms with Crippen molar-refractivity contribution in [1.82, 2.24) is 24.5 Å². The van der Waals surface area contributed by atoms with Crippen molar-refractivity contribution < 1.29 is 9.53 Å². The number of imidazole rings is 1. The summed E-state index contributed by atoms with van der Waals surface area (Å²) < 4.78 is 7.21. The molecule has 0 bridgehead atoms. The van der Waals surface area contributed by atoms with Gasteiger partial charge in [0.2, 0.25) is 11.9 Å². The van der Waals surface area contributed by atoms with Gasteiger partial charge in [0.1, 0.15) is 12.4 Å². The number of rotatable bonds is 7. The minimum Gasteiger partial charge on any atom is -0.447 e. The smallest absolute Gasteiger partial charge is 0.417 e. The lowest BCUT2D eigenvalue weighted by atomic mass is 10.1. The fourth-order valence-corrected chi connectivity index (χ4v) is 3.51. The van der Waals surface area contributed by atoms with Crippen molar-refractivity contribution in [2.45, 2.75) is 52.7 Å². The van der Waals surface area contributed by atoms with Gasteiger partial charge in [-0.05, 0) is 32.8 Å². The van der Waals surface area contributed by atoms with Crippen molar-refractivity contribution in [3.8, 4) is 0 Å². The minimum atomic E-state index is -0.425. The molecule has 3 aromatic rings. The lowest BCUT2D eigenvalue weighted by molar-refractivity contribution is 0.178. The number of aryl methyl sites for hydroxylation is 2. The van der Waals surface area contributed by atoms with E-state index in [0.717, 1.165) is 18.7 Å². The van der Waals surface area contributed by atoms with Gasteiger partial charge in [0, 0.05) is 12.7 Å². The van der Waals surface area contributed by atoms with Crippen LogP contribution in [0.15, 0.2) is 36.8 Å². The second-order valence-electron chi connectivity index (χ2n) is 7.84. The van der Waals surface area contributed by atoms with Gasteiger partial charge in [-0.1, -0.05) is 36.8 Å². The van der Waals surface area contributed by atoms with Gasteiger partial charge in [-0.2, -0.15) is 15.0 Å². The molecule has 4 rings (SSSR count). The molecule has 1 saturated heterocycles. The molecule has 31 heavy (non-hydrogen) atoms. The van der Waals surface area contributed by atoms with Gasteiger partial charge in [-0.25, -0.2) is 14.7 Å². The van der Waals surface area contributed by atoms with E-state index >= 15 is 0 Å². The van der Waals surface area contributed by atoms with Crippen LogP contribution in [-0.2, 0) is 11.3 Å². The van der Waals surface area contributed by atoms with Crippen LogP contribution in [-0.4, -0.2) is 43.2 Å². The number of hydrogen-bond acceptors (Lipinski definition) is 7. The Morgan fingerprint density at radius 1 is 1.19 bits per heavy atom. The van der Waals surface area contributed by atoms with Crippen molar-refractivity contribution in [2.24, 2.45) is 0 Å². The van der Waals surface area contributed by atoms with Gasteiger partial charge >= 0.3 is 6.09 Å². The number of cyclic esters (lactones) is 1. The highest BCUT2D eigenvalue weighted by Crippen LogP contribution is 2.23. The first-order chi connectivity index (χ1) is 14.9. The lowest BCUT2D eigenvalue weighted by Gasteiger charge is -2.19. The standard InChI is InChI=1S/C22H27N7O2/c1-5-18-12-31-22(30)29(18)21-26-16(4)25-20(27-21)24-15(3)19-11-28(13-23-19)10-17-8-6-14(2)7-9-17/h6-9,11,13,15,18H,5,10,12H2,1-4H3,(H,24,25,26,27)/t15-,18-/m0/s1. The van der Waals surface area contributed by atoms with Crippen LogP contribution in [0.4, 0.5) is 16.7 Å². The summed E-state index contributed by atoms with van der Waals surface area (Å²) >= 11 is 0. The highest BCUT2D eigenvalue weighted by molar-refractivity contribution is 5.88. The van der Waals surface area contributed by atoms with Crippen LogP contribution in [0.5, 0.6) is 0 Å². The summed E-state index contributed by atoms with van der Waals surface area (Å²) in [6.07, 6.45) is 4.17. The summed E-state index contributed by atoms with van der Waals surface area (Å²) in [5, 5.41) is 3.28. The topological polar surface area (TPSA) is 98.1 Å². The molecular formula is C22H27N7O2. The van der Waals surface area contributed by atoms with Gasteiger partial charge in [0.05, 0.1) is 24.1 Å². The third-order valence-electron chi connectivity index (χ3n) is 5.31. The Morgan fingerprint density at radius 2 is 1.97 bits per heavy atom. The molecule has 9 nitrogen and oxygen atoms in total. The molecule has 2 atom stereocenters. The van der Waals surface area contributed by atoms with E-state index in [1.807, 2.05) is 30.9 Å². The first-order valence-electron chi connectivity index (χ1n) is 10.5. The third kappa shape index (κ3) is 4.65. The van der Waals surface area contributed by atoms with E-state index < -0.39 is 6.09 Å². The van der Waals surface area contributed by atoms with Gasteiger partial charge < -0.3 is 14.6 Å². The molecule has 0 aliphatic carbocycles. The molecule has 9 heteroatoms. The Balaban J connectivity index is 1.48. The first kappa shape index (κ1) is 20.8. The molecule has 1 aromatic carbocycles. The quantitative estimate of drug-likeness (QED) is 0.622. The Bertz CT molecular complexity index is 1060. The fraction of sp³-hybridized carbons (Fsp3) is 0.409. The van der Waals surface area contributed by atoms with E-state index in [4.69, 9.17) is 4.74 Å². The number of benzene rings is 1. The van der Waals surface area contributed by atoms with Crippen molar-refractivity contribution >= 4 is 18.0 Å². The number of carbonyl (C=O) groups excluding carboxylic acids is 1. The van der Waals surface area contributed by atoms with Crippen LogP contribution in [0.25, 0.3) is 0 Å². The maximum atomic E-state index is 12.2. The number of anilines is 2. The zero-order valence-electron chi connectivity index (χ0n) is 18.2. The number of nitrogens with zero attached hydrogens (tertiary/aromatic N) is 6. The molecule has 0 radical (unpaired) electrons. The summed E-state index contributed by atoms with van der Waals surface area (Å²) in [7, 11) is 0. The normalized spacial score (nSPS) is 17.0. The van der Waals surface area contributed by atoms with E-state index in [9.17, 15) is 4.79 Å². The molecule has 2 aromatic heterocycles. The van der Waals surface area contributed by atoms with E-state index in [2.05, 4.69) is 56.4 Å².